The molecule has 0 aliphatic carbocycles. The van der Waals surface area contributed by atoms with Crippen LogP contribution in [0.2, 0.25) is 0 Å². The summed E-state index contributed by atoms with van der Waals surface area (Å²) in [5.41, 5.74) is 2.00. The Morgan fingerprint density at radius 3 is 2.31 bits per heavy atom. The molecule has 35 heavy (non-hydrogen) atoms. The molecule has 2 unspecified atom stereocenters. The highest BCUT2D eigenvalue weighted by Crippen LogP contribution is 2.30. The van der Waals surface area contributed by atoms with E-state index in [9.17, 15) is 13.2 Å². The van der Waals surface area contributed by atoms with Crippen LogP contribution in [0.5, 0.6) is 0 Å². The maximum Gasteiger partial charge on any atom is 0.263 e. The first kappa shape index (κ1) is 24.7. The minimum absolute atomic E-state index is 0. The molecular weight excluding hydrogens is 462 g/mol. The third-order valence-electron chi connectivity index (χ3n) is 6.56. The molecule has 0 bridgehead atoms. The fourth-order valence-corrected chi connectivity index (χ4v) is 5.38. The van der Waals surface area contributed by atoms with Crippen molar-refractivity contribution in [1.82, 2.24) is 14.9 Å². The number of hydrogen-bond acceptors (Lipinski definition) is 6. The number of amides is 1. The van der Waals surface area contributed by atoms with Crippen molar-refractivity contribution in [3.8, 4) is 0 Å². The van der Waals surface area contributed by atoms with E-state index in [2.05, 4.69) is 33.4 Å². The molecule has 2 heterocycles. The van der Waals surface area contributed by atoms with Gasteiger partial charge in [-0.05, 0) is 41.8 Å². The number of anilines is 2. The molecule has 1 N–H and O–H groups in total. The van der Waals surface area contributed by atoms with Crippen LogP contribution in [0.1, 0.15) is 33.2 Å². The topological polar surface area (TPSA) is 95.5 Å². The first-order valence-corrected chi connectivity index (χ1v) is 13.3. The number of hydrogen-bond donors (Lipinski definition) is 1. The van der Waals surface area contributed by atoms with Gasteiger partial charge in [0.2, 0.25) is 5.91 Å². The standard InChI is InChI=1S/C26H31N5O3S.H2/c1-3-20(2)25(21-7-5-4-6-8-21)26(32)31-17-15-30(16-18-31)22-9-11-23(12-10-22)35(33,34)29-24-13-14-27-19-28-24;/h4-14,19-20,25H,3,15-18H2,1-2H3,(H,27,28,29);1H. The SMILES string of the molecule is CCC(C)C(C(=O)N1CCN(c2ccc(S(=O)(=O)Nc3ccncn3)cc2)CC1)c1ccccc1.[HH]. The predicted octanol–water partition coefficient (Wildman–Crippen LogP) is 4.00. The normalized spacial score (nSPS) is 15.9. The molecule has 4 rings (SSSR count). The second kappa shape index (κ2) is 10.9. The van der Waals surface area contributed by atoms with E-state index in [0.29, 0.717) is 26.2 Å². The lowest BCUT2D eigenvalue weighted by Crippen LogP contribution is -2.50. The maximum atomic E-state index is 13.5. The molecule has 3 aromatic rings. The average Bonchev–Trinajstić information content (AvgIpc) is 2.90. The number of nitrogens with one attached hydrogen (secondary N) is 1. The van der Waals surface area contributed by atoms with Gasteiger partial charge in [-0.25, -0.2) is 18.4 Å². The van der Waals surface area contributed by atoms with Crippen LogP contribution in [0.15, 0.2) is 78.1 Å². The fourth-order valence-electron chi connectivity index (χ4n) is 4.38. The molecule has 8 nitrogen and oxygen atoms in total. The van der Waals surface area contributed by atoms with Crippen molar-refractivity contribution >= 4 is 27.4 Å². The van der Waals surface area contributed by atoms with E-state index < -0.39 is 10.0 Å². The lowest BCUT2D eigenvalue weighted by atomic mass is 9.84. The Kier molecular flexibility index (Phi) is 7.65. The molecule has 0 spiro atoms. The van der Waals surface area contributed by atoms with E-state index in [4.69, 9.17) is 0 Å². The van der Waals surface area contributed by atoms with Gasteiger partial charge in [0.25, 0.3) is 10.0 Å². The summed E-state index contributed by atoms with van der Waals surface area (Å²) in [4.78, 5) is 25.5. The van der Waals surface area contributed by atoms with E-state index in [0.717, 1.165) is 17.7 Å². The first-order valence-electron chi connectivity index (χ1n) is 11.9. The molecule has 1 amide bonds. The first-order chi connectivity index (χ1) is 16.9. The highest BCUT2D eigenvalue weighted by Gasteiger charge is 2.31. The van der Waals surface area contributed by atoms with Gasteiger partial charge in [0, 0.05) is 39.5 Å². The van der Waals surface area contributed by atoms with Gasteiger partial charge >= 0.3 is 0 Å². The number of rotatable bonds is 8. The number of nitrogens with zero attached hydrogens (tertiary/aromatic N) is 4. The highest BCUT2D eigenvalue weighted by atomic mass is 32.2. The third-order valence-corrected chi connectivity index (χ3v) is 7.93. The van der Waals surface area contributed by atoms with Gasteiger partial charge < -0.3 is 9.80 Å². The van der Waals surface area contributed by atoms with Crippen LogP contribution in [0.3, 0.4) is 0 Å². The maximum absolute atomic E-state index is 13.5. The lowest BCUT2D eigenvalue weighted by Gasteiger charge is -2.38. The predicted molar refractivity (Wildman–Crippen MR) is 139 cm³/mol. The van der Waals surface area contributed by atoms with Crippen molar-refractivity contribution in [3.63, 3.8) is 0 Å². The number of aromatic nitrogens is 2. The van der Waals surface area contributed by atoms with E-state index in [1.165, 1.54) is 18.6 Å². The van der Waals surface area contributed by atoms with Crippen LogP contribution in [-0.4, -0.2) is 55.4 Å². The van der Waals surface area contributed by atoms with Crippen LogP contribution < -0.4 is 9.62 Å². The Morgan fingerprint density at radius 2 is 1.71 bits per heavy atom. The van der Waals surface area contributed by atoms with Crippen molar-refractivity contribution in [2.45, 2.75) is 31.1 Å². The summed E-state index contributed by atoms with van der Waals surface area (Å²) in [6.45, 7) is 6.92. The number of carbonyl (C=O) groups is 1. The minimum Gasteiger partial charge on any atom is -0.368 e. The van der Waals surface area contributed by atoms with Gasteiger partial charge in [0.1, 0.15) is 12.1 Å². The molecule has 9 heteroatoms. The summed E-state index contributed by atoms with van der Waals surface area (Å²) in [5, 5.41) is 0. The smallest absolute Gasteiger partial charge is 0.263 e. The summed E-state index contributed by atoms with van der Waals surface area (Å²) in [5.74, 6) is 0.520. The largest absolute Gasteiger partial charge is 0.368 e. The Hall–Kier alpha value is -3.46. The van der Waals surface area contributed by atoms with Crippen LogP contribution in [0.4, 0.5) is 11.5 Å². The minimum atomic E-state index is -3.74. The Labute approximate surface area is 208 Å². The molecule has 1 saturated heterocycles. The van der Waals surface area contributed by atoms with Crippen LogP contribution >= 0.6 is 0 Å². The fraction of sp³-hybridized carbons (Fsp3) is 0.346. The van der Waals surface area contributed by atoms with Crippen molar-refractivity contribution in [1.29, 1.82) is 0 Å². The number of benzene rings is 2. The quantitative estimate of drug-likeness (QED) is 0.508. The van der Waals surface area contributed by atoms with Crippen molar-refractivity contribution < 1.29 is 14.6 Å². The van der Waals surface area contributed by atoms with Crippen LogP contribution in [0.25, 0.3) is 0 Å². The van der Waals surface area contributed by atoms with Crippen molar-refractivity contribution in [2.24, 2.45) is 5.92 Å². The molecule has 1 aliphatic rings. The summed E-state index contributed by atoms with van der Waals surface area (Å²) >= 11 is 0. The average molecular weight is 496 g/mol. The van der Waals surface area contributed by atoms with Gasteiger partial charge in [-0.1, -0.05) is 50.6 Å². The zero-order valence-electron chi connectivity index (χ0n) is 20.0. The highest BCUT2D eigenvalue weighted by molar-refractivity contribution is 7.92. The monoisotopic (exact) mass is 495 g/mol. The molecule has 1 fully saturated rings. The van der Waals surface area contributed by atoms with E-state index >= 15 is 0 Å². The Morgan fingerprint density at radius 1 is 1.03 bits per heavy atom. The molecule has 0 radical (unpaired) electrons. The molecule has 1 aliphatic heterocycles. The third kappa shape index (κ3) is 5.79. The summed E-state index contributed by atoms with van der Waals surface area (Å²) in [6.07, 6.45) is 3.70. The van der Waals surface area contributed by atoms with Crippen molar-refractivity contribution in [3.05, 3.63) is 78.8 Å². The summed E-state index contributed by atoms with van der Waals surface area (Å²) < 4.78 is 27.7. The van der Waals surface area contributed by atoms with Gasteiger partial charge in [-0.3, -0.25) is 9.52 Å². The lowest BCUT2D eigenvalue weighted by molar-refractivity contribution is -0.134. The second-order valence-electron chi connectivity index (χ2n) is 8.78. The molecular formula is C26H33N5O3S. The Bertz CT molecular complexity index is 1220. The molecule has 1 aromatic heterocycles. The number of carbonyl (C=O) groups excluding carboxylic acids is 1. The van der Waals surface area contributed by atoms with E-state index in [1.54, 1.807) is 24.3 Å². The summed E-state index contributed by atoms with van der Waals surface area (Å²) in [6, 6.07) is 18.3. The van der Waals surface area contributed by atoms with Gasteiger partial charge in [0.05, 0.1) is 10.8 Å². The number of sulfonamides is 1. The van der Waals surface area contributed by atoms with Crippen LogP contribution in [-0.2, 0) is 14.8 Å². The number of piperazine rings is 1. The van der Waals surface area contributed by atoms with Gasteiger partial charge in [-0.2, -0.15) is 0 Å². The van der Waals surface area contributed by atoms with Gasteiger partial charge in [-0.15, -0.1) is 0 Å². The Balaban J connectivity index is 0.00000361. The zero-order valence-corrected chi connectivity index (χ0v) is 20.9. The molecule has 186 valence electrons. The molecule has 2 aromatic carbocycles. The second-order valence-corrected chi connectivity index (χ2v) is 10.5. The van der Waals surface area contributed by atoms with E-state index in [-0.39, 0.29) is 29.9 Å². The molecule has 2 atom stereocenters. The van der Waals surface area contributed by atoms with Gasteiger partial charge in [0.15, 0.2) is 0 Å². The molecule has 0 saturated carbocycles. The van der Waals surface area contributed by atoms with Crippen molar-refractivity contribution in [2.75, 3.05) is 35.8 Å². The van der Waals surface area contributed by atoms with E-state index in [1.807, 2.05) is 35.2 Å². The zero-order chi connectivity index (χ0) is 24.8. The van der Waals surface area contributed by atoms with Crippen LogP contribution in [0, 0.1) is 5.92 Å². The summed E-state index contributed by atoms with van der Waals surface area (Å²) in [7, 11) is -3.74.